The van der Waals surface area contributed by atoms with Crippen molar-refractivity contribution in [1.82, 2.24) is 9.80 Å². The Balaban J connectivity index is 1.69. The normalized spacial score (nSPS) is 18.8. The summed E-state index contributed by atoms with van der Waals surface area (Å²) >= 11 is 3.61. The van der Waals surface area contributed by atoms with Crippen LogP contribution in [0.25, 0.3) is 0 Å². The highest BCUT2D eigenvalue weighted by Crippen LogP contribution is 2.32. The molecule has 166 valence electrons. The molecule has 1 aromatic rings. The molecule has 1 saturated heterocycles. The Hall–Kier alpha value is -0.630. The molecule has 1 aliphatic heterocycles. The minimum Gasteiger partial charge on any atom is -0.464 e. The Labute approximate surface area is 185 Å². The lowest BCUT2D eigenvalue weighted by Crippen LogP contribution is -2.35. The molecule has 1 amide bonds. The Morgan fingerprint density at radius 2 is 2.10 bits per heavy atom. The van der Waals surface area contributed by atoms with Gasteiger partial charge in [-0.15, -0.1) is 11.8 Å². The van der Waals surface area contributed by atoms with E-state index in [2.05, 4.69) is 22.8 Å². The molecule has 7 heteroatoms. The fourth-order valence-corrected chi connectivity index (χ4v) is 5.74. The maximum Gasteiger partial charge on any atom is 0.233 e. The Morgan fingerprint density at radius 3 is 2.79 bits per heavy atom. The van der Waals surface area contributed by atoms with Gasteiger partial charge in [-0.05, 0) is 58.8 Å². The van der Waals surface area contributed by atoms with Crippen LogP contribution in [0.5, 0.6) is 0 Å². The summed E-state index contributed by atoms with van der Waals surface area (Å²) in [5.74, 6) is 5.23. The lowest BCUT2D eigenvalue weighted by Gasteiger charge is -2.26. The maximum atomic E-state index is 12.3. The fourth-order valence-electron chi connectivity index (χ4n) is 3.54. The second-order valence-electron chi connectivity index (χ2n) is 9.06. The van der Waals surface area contributed by atoms with Gasteiger partial charge in [0.1, 0.15) is 11.5 Å². The molecule has 5 nitrogen and oxygen atoms in total. The van der Waals surface area contributed by atoms with E-state index < -0.39 is 5.60 Å². The molecule has 0 spiro atoms. The van der Waals surface area contributed by atoms with Gasteiger partial charge >= 0.3 is 0 Å². The first kappa shape index (κ1) is 24.6. The molecule has 1 fully saturated rings. The molecule has 0 bridgehead atoms. The van der Waals surface area contributed by atoms with E-state index in [1.54, 1.807) is 11.8 Å². The van der Waals surface area contributed by atoms with Crippen LogP contribution in [0, 0.1) is 5.92 Å². The third kappa shape index (κ3) is 9.37. The van der Waals surface area contributed by atoms with E-state index in [1.165, 1.54) is 0 Å². The fraction of sp³-hybridized carbons (Fsp3) is 0.773. The third-order valence-corrected chi connectivity index (χ3v) is 7.27. The molecule has 0 radical (unpaired) electrons. The van der Waals surface area contributed by atoms with Crippen molar-refractivity contribution in [2.45, 2.75) is 69.7 Å². The highest BCUT2D eigenvalue weighted by Gasteiger charge is 2.32. The molecule has 1 N–H and O–H groups in total. The maximum absolute atomic E-state index is 12.3. The Kier molecular flexibility index (Phi) is 9.92. The first-order chi connectivity index (χ1) is 13.6. The van der Waals surface area contributed by atoms with E-state index in [4.69, 9.17) is 4.42 Å². The number of furan rings is 1. The van der Waals surface area contributed by atoms with Gasteiger partial charge in [0.05, 0.1) is 29.0 Å². The standard InChI is InChI=1S/C22H38N2O3S2/c1-17(7-6-10-22(2,3)26)13-21-24(20(25)16-29-21)11-12-28-15-19-9-8-18(27-19)14-23(4)5/h8-9,17,21,26H,6-7,10-16H2,1-5H3. The van der Waals surface area contributed by atoms with Crippen LogP contribution in [0.2, 0.25) is 0 Å². The van der Waals surface area contributed by atoms with E-state index in [1.807, 2.05) is 45.8 Å². The number of carbonyl (C=O) groups excluding carboxylic acids is 1. The quantitative estimate of drug-likeness (QED) is 0.456. The minimum absolute atomic E-state index is 0.274. The van der Waals surface area contributed by atoms with Crippen LogP contribution >= 0.6 is 23.5 Å². The zero-order valence-electron chi connectivity index (χ0n) is 18.6. The number of carbonyl (C=O) groups is 1. The largest absolute Gasteiger partial charge is 0.464 e. The van der Waals surface area contributed by atoms with E-state index in [0.29, 0.717) is 17.0 Å². The van der Waals surface area contributed by atoms with Gasteiger partial charge in [0.25, 0.3) is 0 Å². The number of nitrogens with zero attached hydrogens (tertiary/aromatic N) is 2. The van der Waals surface area contributed by atoms with Crippen LogP contribution in [0.3, 0.4) is 0 Å². The summed E-state index contributed by atoms with van der Waals surface area (Å²) in [6.45, 7) is 7.63. The van der Waals surface area contributed by atoms with Gasteiger partial charge in [0, 0.05) is 12.3 Å². The number of hydrogen-bond donors (Lipinski definition) is 1. The topological polar surface area (TPSA) is 56.9 Å². The summed E-state index contributed by atoms with van der Waals surface area (Å²) in [7, 11) is 4.07. The lowest BCUT2D eigenvalue weighted by atomic mass is 9.95. The molecule has 2 unspecified atom stereocenters. The molecule has 2 heterocycles. The summed E-state index contributed by atoms with van der Waals surface area (Å²) in [6.07, 6.45) is 4.01. The van der Waals surface area contributed by atoms with Crippen LogP contribution in [0.4, 0.5) is 0 Å². The summed E-state index contributed by atoms with van der Waals surface area (Å²) in [4.78, 5) is 16.5. The molecular weight excluding hydrogens is 404 g/mol. The summed E-state index contributed by atoms with van der Waals surface area (Å²) < 4.78 is 5.86. The predicted octanol–water partition coefficient (Wildman–Crippen LogP) is 4.44. The van der Waals surface area contributed by atoms with E-state index >= 15 is 0 Å². The van der Waals surface area contributed by atoms with Crippen LogP contribution < -0.4 is 0 Å². The molecule has 2 rings (SSSR count). The second kappa shape index (κ2) is 11.7. The van der Waals surface area contributed by atoms with Crippen LogP contribution in [0.15, 0.2) is 16.5 Å². The van der Waals surface area contributed by atoms with Gasteiger partial charge in [0.15, 0.2) is 0 Å². The molecule has 0 aromatic carbocycles. The monoisotopic (exact) mass is 442 g/mol. The first-order valence-corrected chi connectivity index (χ1v) is 12.8. The van der Waals surface area contributed by atoms with Crippen molar-refractivity contribution in [3.8, 4) is 0 Å². The molecular formula is C22H38N2O3S2. The third-order valence-electron chi connectivity index (χ3n) is 5.07. The SMILES string of the molecule is CC(CCCC(C)(C)O)CC1SCC(=O)N1CCSCc1ccc(CN(C)C)o1. The van der Waals surface area contributed by atoms with Gasteiger partial charge < -0.3 is 19.3 Å². The predicted molar refractivity (Wildman–Crippen MR) is 124 cm³/mol. The summed E-state index contributed by atoms with van der Waals surface area (Å²) in [6, 6.07) is 4.10. The Morgan fingerprint density at radius 1 is 1.38 bits per heavy atom. The smallest absolute Gasteiger partial charge is 0.233 e. The molecule has 29 heavy (non-hydrogen) atoms. The van der Waals surface area contributed by atoms with Crippen molar-refractivity contribution >= 4 is 29.4 Å². The van der Waals surface area contributed by atoms with Crippen molar-refractivity contribution in [3.63, 3.8) is 0 Å². The van der Waals surface area contributed by atoms with Crippen LogP contribution in [-0.4, -0.2) is 63.9 Å². The zero-order chi connectivity index (χ0) is 21.4. The Bertz CT molecular complexity index is 628. The van der Waals surface area contributed by atoms with Crippen molar-refractivity contribution in [2.75, 3.05) is 32.1 Å². The second-order valence-corrected chi connectivity index (χ2v) is 11.3. The van der Waals surface area contributed by atoms with Crippen molar-refractivity contribution < 1.29 is 14.3 Å². The van der Waals surface area contributed by atoms with Gasteiger partial charge in [-0.2, -0.15) is 11.8 Å². The van der Waals surface area contributed by atoms with Crippen molar-refractivity contribution in [1.29, 1.82) is 0 Å². The summed E-state index contributed by atoms with van der Waals surface area (Å²) in [5.41, 5.74) is -0.581. The number of aliphatic hydroxyl groups is 1. The summed E-state index contributed by atoms with van der Waals surface area (Å²) in [5, 5.41) is 10.2. The highest BCUT2D eigenvalue weighted by molar-refractivity contribution is 8.01. The molecule has 1 aromatic heterocycles. The van der Waals surface area contributed by atoms with E-state index in [0.717, 1.165) is 61.8 Å². The van der Waals surface area contributed by atoms with E-state index in [-0.39, 0.29) is 5.91 Å². The van der Waals surface area contributed by atoms with E-state index in [9.17, 15) is 9.90 Å². The van der Waals surface area contributed by atoms with Gasteiger partial charge in [-0.25, -0.2) is 0 Å². The number of hydrogen-bond acceptors (Lipinski definition) is 6. The van der Waals surface area contributed by atoms with Crippen molar-refractivity contribution in [2.24, 2.45) is 5.92 Å². The van der Waals surface area contributed by atoms with Gasteiger partial charge in [-0.1, -0.05) is 19.8 Å². The molecule has 1 aliphatic rings. The molecule has 0 saturated carbocycles. The molecule has 2 atom stereocenters. The highest BCUT2D eigenvalue weighted by atomic mass is 32.2. The average molecular weight is 443 g/mol. The van der Waals surface area contributed by atoms with Gasteiger partial charge in [-0.3, -0.25) is 4.79 Å². The van der Waals surface area contributed by atoms with Gasteiger partial charge in [0.2, 0.25) is 5.91 Å². The number of amides is 1. The van der Waals surface area contributed by atoms with Crippen molar-refractivity contribution in [3.05, 3.63) is 23.7 Å². The number of thioether (sulfide) groups is 2. The van der Waals surface area contributed by atoms with Crippen LogP contribution in [-0.2, 0) is 17.1 Å². The van der Waals surface area contributed by atoms with Crippen LogP contribution in [0.1, 0.15) is 58.0 Å². The lowest BCUT2D eigenvalue weighted by molar-refractivity contribution is -0.127. The minimum atomic E-state index is -0.581. The average Bonchev–Trinajstić information content (AvgIpc) is 3.17. The first-order valence-electron chi connectivity index (χ1n) is 10.6. The molecule has 0 aliphatic carbocycles. The zero-order valence-corrected chi connectivity index (χ0v) is 20.3. The number of rotatable bonds is 13.